The second-order valence-electron chi connectivity index (χ2n) is 7.85. The monoisotopic (exact) mass is 380 g/mol. The predicted molar refractivity (Wildman–Crippen MR) is 109 cm³/mol. The maximum Gasteiger partial charge on any atom is 0.267 e. The number of amides is 1. The molecule has 1 aromatic heterocycles. The van der Waals surface area contributed by atoms with Crippen molar-refractivity contribution in [2.45, 2.75) is 44.9 Å². The Morgan fingerprint density at radius 1 is 1.11 bits per heavy atom. The highest BCUT2D eigenvalue weighted by molar-refractivity contribution is 5.94. The van der Waals surface area contributed by atoms with Crippen molar-refractivity contribution in [3.8, 4) is 0 Å². The molecule has 0 saturated carbocycles. The summed E-state index contributed by atoms with van der Waals surface area (Å²) < 4.78 is 0. The number of likely N-dealkylation sites (tertiary alicyclic amines) is 1. The van der Waals surface area contributed by atoms with Crippen LogP contribution in [-0.2, 0) is 19.3 Å². The molecule has 0 atom stereocenters. The summed E-state index contributed by atoms with van der Waals surface area (Å²) in [5.41, 5.74) is 4.60. The first kappa shape index (κ1) is 18.9. The molecule has 1 saturated heterocycles. The van der Waals surface area contributed by atoms with Crippen LogP contribution in [0, 0.1) is 0 Å². The summed E-state index contributed by atoms with van der Waals surface area (Å²) in [5, 5.41) is 9.99. The molecule has 1 aliphatic carbocycles. The number of nitrogens with one attached hydrogen (secondary N) is 2. The summed E-state index contributed by atoms with van der Waals surface area (Å²) in [6, 6.07) is 7.73. The van der Waals surface area contributed by atoms with Gasteiger partial charge in [-0.05, 0) is 74.9 Å². The normalized spacial score (nSPS) is 16.7. The van der Waals surface area contributed by atoms with Crippen molar-refractivity contribution >= 4 is 5.91 Å². The number of benzene rings is 1. The van der Waals surface area contributed by atoms with Gasteiger partial charge in [0.05, 0.1) is 5.69 Å². The minimum Gasteiger partial charge on any atom is -0.351 e. The van der Waals surface area contributed by atoms with Crippen LogP contribution in [0.5, 0.6) is 0 Å². The molecule has 0 unspecified atom stereocenters. The summed E-state index contributed by atoms with van der Waals surface area (Å²) in [6.07, 6.45) is 7.07. The molecule has 28 heavy (non-hydrogen) atoms. The zero-order valence-corrected chi connectivity index (χ0v) is 16.3. The van der Waals surface area contributed by atoms with Gasteiger partial charge in [0.2, 0.25) is 0 Å². The maximum atomic E-state index is 12.5. The van der Waals surface area contributed by atoms with Crippen LogP contribution in [0.1, 0.15) is 58.4 Å². The average Bonchev–Trinajstić information content (AvgIpc) is 3.24. The lowest BCUT2D eigenvalue weighted by molar-refractivity contribution is 0.0949. The van der Waals surface area contributed by atoms with Crippen LogP contribution in [-0.4, -0.2) is 47.2 Å². The molecule has 1 fully saturated rings. The summed E-state index contributed by atoms with van der Waals surface area (Å²) in [5.74, 6) is -0.0301. The molecule has 2 aliphatic rings. The number of rotatable bonds is 6. The van der Waals surface area contributed by atoms with E-state index in [1.165, 1.54) is 12.8 Å². The lowest BCUT2D eigenvalue weighted by Crippen LogP contribution is -2.33. The molecule has 1 amide bonds. The fraction of sp³-hybridized carbons (Fsp3) is 0.500. The molecule has 2 aromatic rings. The van der Waals surface area contributed by atoms with Crippen LogP contribution < -0.4 is 10.9 Å². The van der Waals surface area contributed by atoms with Crippen molar-refractivity contribution < 1.29 is 4.79 Å². The number of fused-ring (bicyclic) bond motifs is 1. The van der Waals surface area contributed by atoms with Gasteiger partial charge in [0.1, 0.15) is 0 Å². The zero-order valence-electron chi connectivity index (χ0n) is 16.3. The van der Waals surface area contributed by atoms with E-state index in [9.17, 15) is 9.59 Å². The van der Waals surface area contributed by atoms with E-state index in [1.54, 1.807) is 0 Å². The topological polar surface area (TPSA) is 78.1 Å². The molecule has 0 spiro atoms. The number of aromatic nitrogens is 2. The van der Waals surface area contributed by atoms with E-state index in [0.717, 1.165) is 67.7 Å². The van der Waals surface area contributed by atoms with Crippen molar-refractivity contribution in [1.29, 1.82) is 0 Å². The Kier molecular flexibility index (Phi) is 5.86. The number of H-pyrrole nitrogens is 1. The molecule has 148 valence electrons. The summed E-state index contributed by atoms with van der Waals surface area (Å²) >= 11 is 0. The molecule has 1 aliphatic heterocycles. The van der Waals surface area contributed by atoms with Crippen LogP contribution >= 0.6 is 0 Å². The Balaban J connectivity index is 1.42. The van der Waals surface area contributed by atoms with Gasteiger partial charge in [-0.2, -0.15) is 5.10 Å². The largest absolute Gasteiger partial charge is 0.351 e. The summed E-state index contributed by atoms with van der Waals surface area (Å²) in [6.45, 7) is 3.88. The molecule has 6 heteroatoms. The molecule has 4 rings (SSSR count). The molecule has 2 N–H and O–H groups in total. The Hall–Kier alpha value is -2.47. The van der Waals surface area contributed by atoms with Gasteiger partial charge in [-0.15, -0.1) is 0 Å². The number of hydrogen-bond acceptors (Lipinski definition) is 4. The van der Waals surface area contributed by atoms with Gasteiger partial charge >= 0.3 is 0 Å². The Morgan fingerprint density at radius 3 is 2.71 bits per heavy atom. The molecule has 1 aromatic carbocycles. The molecule has 0 bridgehead atoms. The van der Waals surface area contributed by atoms with E-state index in [2.05, 4.69) is 20.4 Å². The highest BCUT2D eigenvalue weighted by atomic mass is 16.1. The number of carbonyl (C=O) groups is 1. The van der Waals surface area contributed by atoms with Gasteiger partial charge in [0, 0.05) is 30.6 Å². The first-order chi connectivity index (χ1) is 13.7. The minimum atomic E-state index is -0.0513. The SMILES string of the molecule is O=C(NCCN1CCCC1)c1cccc(Cc2n[nH]c(=O)c3c2CCCC3)c1. The first-order valence-corrected chi connectivity index (χ1v) is 10.4. The Bertz CT molecular complexity index is 900. The summed E-state index contributed by atoms with van der Waals surface area (Å²) in [4.78, 5) is 26.9. The average molecular weight is 380 g/mol. The molecule has 2 heterocycles. The standard InChI is InChI=1S/C22H28N4O2/c27-21(23-10-13-26-11-3-4-12-26)17-7-5-6-16(14-17)15-20-18-8-1-2-9-19(18)22(28)25-24-20/h5-7,14H,1-4,8-13,15H2,(H,23,27)(H,25,28). The molecular weight excluding hydrogens is 352 g/mol. The van der Waals surface area contributed by atoms with Crippen molar-refractivity contribution in [2.75, 3.05) is 26.2 Å². The fourth-order valence-corrected chi connectivity index (χ4v) is 4.33. The van der Waals surface area contributed by atoms with E-state index < -0.39 is 0 Å². The highest BCUT2D eigenvalue weighted by Crippen LogP contribution is 2.22. The third kappa shape index (κ3) is 4.33. The molecule has 6 nitrogen and oxygen atoms in total. The first-order valence-electron chi connectivity index (χ1n) is 10.4. The Morgan fingerprint density at radius 2 is 1.89 bits per heavy atom. The second kappa shape index (κ2) is 8.69. The van der Waals surface area contributed by atoms with E-state index in [0.29, 0.717) is 18.5 Å². The minimum absolute atomic E-state index is 0.0301. The lowest BCUT2D eigenvalue weighted by Gasteiger charge is -2.17. The zero-order chi connectivity index (χ0) is 19.3. The van der Waals surface area contributed by atoms with Gasteiger partial charge in [0.15, 0.2) is 0 Å². The van der Waals surface area contributed by atoms with Gasteiger partial charge in [-0.3, -0.25) is 9.59 Å². The van der Waals surface area contributed by atoms with Crippen LogP contribution in [0.4, 0.5) is 0 Å². The van der Waals surface area contributed by atoms with Gasteiger partial charge in [0.25, 0.3) is 11.5 Å². The van der Waals surface area contributed by atoms with Crippen LogP contribution in [0.25, 0.3) is 0 Å². The van der Waals surface area contributed by atoms with Crippen LogP contribution in [0.3, 0.4) is 0 Å². The van der Waals surface area contributed by atoms with Gasteiger partial charge in [-0.1, -0.05) is 12.1 Å². The number of nitrogens with zero attached hydrogens (tertiary/aromatic N) is 2. The van der Waals surface area contributed by atoms with Crippen molar-refractivity contribution in [2.24, 2.45) is 0 Å². The third-order valence-electron chi connectivity index (χ3n) is 5.86. The van der Waals surface area contributed by atoms with Crippen molar-refractivity contribution in [3.63, 3.8) is 0 Å². The predicted octanol–water partition coefficient (Wildman–Crippen LogP) is 2.07. The van der Waals surface area contributed by atoms with E-state index in [4.69, 9.17) is 0 Å². The summed E-state index contributed by atoms with van der Waals surface area (Å²) in [7, 11) is 0. The van der Waals surface area contributed by atoms with Crippen LogP contribution in [0.15, 0.2) is 29.1 Å². The van der Waals surface area contributed by atoms with Crippen molar-refractivity contribution in [3.05, 3.63) is 62.6 Å². The van der Waals surface area contributed by atoms with Gasteiger partial charge < -0.3 is 10.2 Å². The highest BCUT2D eigenvalue weighted by Gasteiger charge is 2.18. The van der Waals surface area contributed by atoms with Gasteiger partial charge in [-0.25, -0.2) is 5.10 Å². The Labute approximate surface area is 165 Å². The van der Waals surface area contributed by atoms with E-state index in [1.807, 2.05) is 24.3 Å². The molecular formula is C22H28N4O2. The molecule has 0 radical (unpaired) electrons. The van der Waals surface area contributed by atoms with E-state index >= 15 is 0 Å². The van der Waals surface area contributed by atoms with Crippen LogP contribution in [0.2, 0.25) is 0 Å². The smallest absolute Gasteiger partial charge is 0.267 e. The lowest BCUT2D eigenvalue weighted by atomic mass is 9.90. The van der Waals surface area contributed by atoms with Crippen molar-refractivity contribution in [1.82, 2.24) is 20.4 Å². The maximum absolute atomic E-state index is 12.5. The number of aromatic amines is 1. The second-order valence-corrected chi connectivity index (χ2v) is 7.85. The quantitative estimate of drug-likeness (QED) is 0.804. The number of carbonyl (C=O) groups excluding carboxylic acids is 1. The third-order valence-corrected chi connectivity index (χ3v) is 5.86. The van der Waals surface area contributed by atoms with E-state index in [-0.39, 0.29) is 11.5 Å². The fourth-order valence-electron chi connectivity index (χ4n) is 4.33. The number of hydrogen-bond donors (Lipinski definition) is 2.